The zero-order valence-corrected chi connectivity index (χ0v) is 11.8. The number of rotatable bonds is 10. The Labute approximate surface area is 103 Å². The van der Waals surface area contributed by atoms with Gasteiger partial charge in [-0.25, -0.2) is 0 Å². The highest BCUT2D eigenvalue weighted by molar-refractivity contribution is 4.72. The molecular formula is C15H31N. The second-order valence-corrected chi connectivity index (χ2v) is 5.78. The van der Waals surface area contributed by atoms with Gasteiger partial charge in [0.15, 0.2) is 0 Å². The van der Waals surface area contributed by atoms with Gasteiger partial charge in [-0.3, -0.25) is 0 Å². The van der Waals surface area contributed by atoms with Crippen LogP contribution in [-0.4, -0.2) is 13.1 Å². The molecule has 0 aliphatic heterocycles. The minimum Gasteiger partial charge on any atom is -0.317 e. The van der Waals surface area contributed by atoms with E-state index in [1.165, 1.54) is 44.9 Å². The van der Waals surface area contributed by atoms with Crippen molar-refractivity contribution in [1.82, 2.24) is 5.32 Å². The Morgan fingerprint density at radius 1 is 1.19 bits per heavy atom. The Hall–Kier alpha value is -0.300. The van der Waals surface area contributed by atoms with Crippen molar-refractivity contribution in [3.05, 3.63) is 12.7 Å². The molecule has 0 aromatic carbocycles. The van der Waals surface area contributed by atoms with Crippen molar-refractivity contribution in [3.8, 4) is 0 Å². The zero-order valence-electron chi connectivity index (χ0n) is 11.8. The van der Waals surface area contributed by atoms with Crippen LogP contribution in [0.25, 0.3) is 0 Å². The molecule has 1 unspecified atom stereocenters. The van der Waals surface area contributed by atoms with Crippen LogP contribution in [0, 0.1) is 5.41 Å². The maximum absolute atomic E-state index is 3.77. The van der Waals surface area contributed by atoms with Gasteiger partial charge in [0.1, 0.15) is 0 Å². The van der Waals surface area contributed by atoms with Gasteiger partial charge in [0.2, 0.25) is 0 Å². The van der Waals surface area contributed by atoms with Crippen molar-refractivity contribution in [2.24, 2.45) is 5.41 Å². The molecule has 0 rings (SSSR count). The van der Waals surface area contributed by atoms with Gasteiger partial charge in [-0.2, -0.15) is 0 Å². The lowest BCUT2D eigenvalue weighted by Crippen LogP contribution is -2.21. The SMILES string of the molecule is C=CCCCCC(C)(C)CCCC(C)NC. The first-order valence-corrected chi connectivity index (χ1v) is 6.80. The molecule has 0 bridgehead atoms. The molecule has 0 saturated carbocycles. The van der Waals surface area contributed by atoms with Gasteiger partial charge in [0, 0.05) is 6.04 Å². The van der Waals surface area contributed by atoms with E-state index in [0.29, 0.717) is 11.5 Å². The topological polar surface area (TPSA) is 12.0 Å². The highest BCUT2D eigenvalue weighted by Crippen LogP contribution is 2.30. The van der Waals surface area contributed by atoms with E-state index in [1.807, 2.05) is 13.1 Å². The van der Waals surface area contributed by atoms with Crippen molar-refractivity contribution < 1.29 is 0 Å². The Morgan fingerprint density at radius 3 is 2.38 bits per heavy atom. The summed E-state index contributed by atoms with van der Waals surface area (Å²) < 4.78 is 0. The average Bonchev–Trinajstić information content (AvgIpc) is 2.24. The summed E-state index contributed by atoms with van der Waals surface area (Å²) in [5.41, 5.74) is 0.522. The Kier molecular flexibility index (Phi) is 8.64. The summed E-state index contributed by atoms with van der Waals surface area (Å²) in [6.07, 6.45) is 11.2. The minimum absolute atomic E-state index is 0.522. The molecule has 0 saturated heterocycles. The Bertz CT molecular complexity index is 172. The third-order valence-electron chi connectivity index (χ3n) is 3.50. The third kappa shape index (κ3) is 8.96. The molecule has 0 radical (unpaired) electrons. The van der Waals surface area contributed by atoms with Crippen LogP contribution in [0.4, 0.5) is 0 Å². The number of hydrogen-bond donors (Lipinski definition) is 1. The van der Waals surface area contributed by atoms with Crippen LogP contribution in [0.1, 0.15) is 65.7 Å². The van der Waals surface area contributed by atoms with Crippen molar-refractivity contribution >= 4 is 0 Å². The average molecular weight is 225 g/mol. The molecule has 1 nitrogen and oxygen atoms in total. The molecule has 0 aromatic heterocycles. The summed E-state index contributed by atoms with van der Waals surface area (Å²) in [7, 11) is 2.05. The van der Waals surface area contributed by atoms with Gasteiger partial charge in [-0.05, 0) is 51.5 Å². The maximum atomic E-state index is 3.77. The number of unbranched alkanes of at least 4 members (excludes halogenated alkanes) is 2. The van der Waals surface area contributed by atoms with Crippen LogP contribution in [0.2, 0.25) is 0 Å². The lowest BCUT2D eigenvalue weighted by atomic mass is 9.82. The molecule has 1 N–H and O–H groups in total. The van der Waals surface area contributed by atoms with Crippen LogP contribution in [0.5, 0.6) is 0 Å². The van der Waals surface area contributed by atoms with E-state index in [-0.39, 0.29) is 0 Å². The van der Waals surface area contributed by atoms with Crippen LogP contribution in [-0.2, 0) is 0 Å². The highest BCUT2D eigenvalue weighted by Gasteiger charge is 2.16. The third-order valence-corrected chi connectivity index (χ3v) is 3.50. The lowest BCUT2D eigenvalue weighted by Gasteiger charge is -2.25. The second kappa shape index (κ2) is 8.81. The van der Waals surface area contributed by atoms with Crippen LogP contribution in [0.3, 0.4) is 0 Å². The standard InChI is InChI=1S/C15H31N/c1-6-7-8-9-12-15(3,4)13-10-11-14(2)16-5/h6,14,16H,1,7-13H2,2-5H3. The van der Waals surface area contributed by atoms with Gasteiger partial charge in [-0.15, -0.1) is 6.58 Å². The summed E-state index contributed by atoms with van der Waals surface area (Å²) in [5.74, 6) is 0. The molecule has 0 aliphatic carbocycles. The van der Waals surface area contributed by atoms with Gasteiger partial charge in [-0.1, -0.05) is 32.8 Å². The first-order chi connectivity index (χ1) is 7.52. The maximum Gasteiger partial charge on any atom is 0.00357 e. The molecule has 0 spiro atoms. The fourth-order valence-corrected chi connectivity index (χ4v) is 2.05. The Balaban J connectivity index is 3.57. The number of allylic oxidation sites excluding steroid dienone is 1. The molecular weight excluding hydrogens is 194 g/mol. The smallest absolute Gasteiger partial charge is 0.00357 e. The quantitative estimate of drug-likeness (QED) is 0.425. The predicted octanol–water partition coefficient (Wildman–Crippen LogP) is 4.54. The van der Waals surface area contributed by atoms with Crippen LogP contribution < -0.4 is 5.32 Å². The molecule has 96 valence electrons. The van der Waals surface area contributed by atoms with Crippen molar-refractivity contribution in [3.63, 3.8) is 0 Å². The van der Waals surface area contributed by atoms with E-state index >= 15 is 0 Å². The predicted molar refractivity (Wildman–Crippen MR) is 74.8 cm³/mol. The molecule has 0 fully saturated rings. The van der Waals surface area contributed by atoms with Crippen molar-refractivity contribution in [2.45, 2.75) is 71.8 Å². The van der Waals surface area contributed by atoms with E-state index in [0.717, 1.165) is 0 Å². The van der Waals surface area contributed by atoms with E-state index in [1.54, 1.807) is 0 Å². The molecule has 0 heterocycles. The summed E-state index contributed by atoms with van der Waals surface area (Å²) in [6.45, 7) is 10.8. The number of hydrogen-bond acceptors (Lipinski definition) is 1. The van der Waals surface area contributed by atoms with Crippen LogP contribution in [0.15, 0.2) is 12.7 Å². The molecule has 0 aliphatic rings. The van der Waals surface area contributed by atoms with E-state index < -0.39 is 0 Å². The van der Waals surface area contributed by atoms with Gasteiger partial charge >= 0.3 is 0 Å². The minimum atomic E-state index is 0.522. The van der Waals surface area contributed by atoms with Gasteiger partial charge in [0.25, 0.3) is 0 Å². The van der Waals surface area contributed by atoms with Gasteiger partial charge < -0.3 is 5.32 Å². The fourth-order valence-electron chi connectivity index (χ4n) is 2.05. The molecule has 0 amide bonds. The summed E-state index contributed by atoms with van der Waals surface area (Å²) in [6, 6.07) is 0.663. The second-order valence-electron chi connectivity index (χ2n) is 5.78. The first kappa shape index (κ1) is 15.7. The molecule has 1 atom stereocenters. The summed E-state index contributed by atoms with van der Waals surface area (Å²) >= 11 is 0. The van der Waals surface area contributed by atoms with Gasteiger partial charge in [0.05, 0.1) is 0 Å². The highest BCUT2D eigenvalue weighted by atomic mass is 14.8. The van der Waals surface area contributed by atoms with Crippen LogP contribution >= 0.6 is 0 Å². The molecule has 0 aromatic rings. The van der Waals surface area contributed by atoms with Crippen molar-refractivity contribution in [2.75, 3.05) is 7.05 Å². The largest absolute Gasteiger partial charge is 0.317 e. The summed E-state index contributed by atoms with van der Waals surface area (Å²) in [5, 5.41) is 3.30. The lowest BCUT2D eigenvalue weighted by molar-refractivity contribution is 0.281. The monoisotopic (exact) mass is 225 g/mol. The first-order valence-electron chi connectivity index (χ1n) is 6.80. The van der Waals surface area contributed by atoms with E-state index in [4.69, 9.17) is 0 Å². The van der Waals surface area contributed by atoms with E-state index in [9.17, 15) is 0 Å². The normalized spacial score (nSPS) is 13.8. The van der Waals surface area contributed by atoms with E-state index in [2.05, 4.69) is 32.7 Å². The zero-order chi connectivity index (χ0) is 12.4. The molecule has 1 heteroatoms. The fraction of sp³-hybridized carbons (Fsp3) is 0.867. The Morgan fingerprint density at radius 2 is 1.81 bits per heavy atom. The van der Waals surface area contributed by atoms with Crippen molar-refractivity contribution in [1.29, 1.82) is 0 Å². The number of nitrogens with one attached hydrogen (secondary N) is 1. The molecule has 16 heavy (non-hydrogen) atoms. The summed E-state index contributed by atoms with van der Waals surface area (Å²) in [4.78, 5) is 0.